The lowest BCUT2D eigenvalue weighted by atomic mass is 9.73. The Kier molecular flexibility index (Phi) is 5.74. The van der Waals surface area contributed by atoms with E-state index in [0.717, 1.165) is 18.3 Å². The van der Waals surface area contributed by atoms with E-state index in [1.807, 2.05) is 18.2 Å². The van der Waals surface area contributed by atoms with Crippen LogP contribution in [0.4, 0.5) is 0 Å². The molecule has 1 fully saturated rings. The van der Waals surface area contributed by atoms with Crippen molar-refractivity contribution >= 4 is 23.2 Å². The molecule has 1 aliphatic carbocycles. The van der Waals surface area contributed by atoms with Crippen molar-refractivity contribution in [3.63, 3.8) is 0 Å². The van der Waals surface area contributed by atoms with Gasteiger partial charge in [0.05, 0.1) is 10.0 Å². The summed E-state index contributed by atoms with van der Waals surface area (Å²) in [6.45, 7) is 4.69. The van der Waals surface area contributed by atoms with Gasteiger partial charge in [-0.15, -0.1) is 0 Å². The van der Waals surface area contributed by atoms with Gasteiger partial charge in [-0.1, -0.05) is 43.1 Å². The summed E-state index contributed by atoms with van der Waals surface area (Å²) in [7, 11) is 0. The molecule has 2 nitrogen and oxygen atoms in total. The molecule has 0 spiro atoms. The van der Waals surface area contributed by atoms with Gasteiger partial charge in [0, 0.05) is 6.04 Å². The predicted octanol–water partition coefficient (Wildman–Crippen LogP) is 4.44. The molecular formula is C16H24Cl2N2. The molecule has 0 heterocycles. The zero-order chi connectivity index (χ0) is 14.7. The fourth-order valence-corrected chi connectivity index (χ4v) is 3.94. The molecule has 1 saturated carbocycles. The molecule has 1 aromatic carbocycles. The Labute approximate surface area is 132 Å². The molecule has 0 saturated heterocycles. The van der Waals surface area contributed by atoms with Gasteiger partial charge in [0.25, 0.3) is 0 Å². The Balaban J connectivity index is 2.06. The number of nitrogens with two attached hydrogens (primary N) is 1. The van der Waals surface area contributed by atoms with Gasteiger partial charge < -0.3 is 0 Å². The molecule has 0 amide bonds. The molecule has 1 aliphatic rings. The van der Waals surface area contributed by atoms with Crippen LogP contribution in [0.5, 0.6) is 0 Å². The normalized spacial score (nSPS) is 28.4. The summed E-state index contributed by atoms with van der Waals surface area (Å²) >= 11 is 12.1. The first-order valence-electron chi connectivity index (χ1n) is 7.39. The van der Waals surface area contributed by atoms with Crippen molar-refractivity contribution in [3.8, 4) is 0 Å². The summed E-state index contributed by atoms with van der Waals surface area (Å²) in [5, 5.41) is 1.22. The van der Waals surface area contributed by atoms with E-state index in [1.54, 1.807) is 0 Å². The molecule has 0 aliphatic heterocycles. The van der Waals surface area contributed by atoms with E-state index >= 15 is 0 Å². The second-order valence-corrected chi connectivity index (χ2v) is 7.22. The highest BCUT2D eigenvalue weighted by atomic mass is 35.5. The first-order valence-corrected chi connectivity index (χ1v) is 8.15. The highest BCUT2D eigenvalue weighted by Crippen LogP contribution is 2.35. The Morgan fingerprint density at radius 2 is 1.80 bits per heavy atom. The largest absolute Gasteiger partial charge is 0.271 e. The van der Waals surface area contributed by atoms with E-state index in [0.29, 0.717) is 22.0 Å². The fourth-order valence-electron chi connectivity index (χ4n) is 3.62. The minimum absolute atomic E-state index is 0.303. The lowest BCUT2D eigenvalue weighted by Crippen LogP contribution is -2.44. The standard InChI is InChI=1S/C16H24Cl2N2/c1-10-5-11(2)7-13(6-10)16(20-19)9-12-3-4-14(17)15(18)8-12/h3-4,8,10-11,13,16,20H,5-7,9,19H2,1-2H3. The summed E-state index contributed by atoms with van der Waals surface area (Å²) in [5.41, 5.74) is 4.21. The average molecular weight is 315 g/mol. The molecular weight excluding hydrogens is 291 g/mol. The van der Waals surface area contributed by atoms with Gasteiger partial charge in [-0.2, -0.15) is 0 Å². The SMILES string of the molecule is CC1CC(C)CC(C(Cc2ccc(Cl)c(Cl)c2)NN)C1. The average Bonchev–Trinajstić information content (AvgIpc) is 2.38. The van der Waals surface area contributed by atoms with Crippen LogP contribution >= 0.6 is 23.2 Å². The van der Waals surface area contributed by atoms with Crippen molar-refractivity contribution in [2.75, 3.05) is 0 Å². The van der Waals surface area contributed by atoms with E-state index in [9.17, 15) is 0 Å². The van der Waals surface area contributed by atoms with Gasteiger partial charge in [-0.3, -0.25) is 11.3 Å². The van der Waals surface area contributed by atoms with Crippen LogP contribution in [0.1, 0.15) is 38.7 Å². The third-order valence-corrected chi connectivity index (χ3v) is 5.18. The number of halogens is 2. The van der Waals surface area contributed by atoms with E-state index in [1.165, 1.54) is 24.8 Å². The maximum atomic E-state index is 6.09. The van der Waals surface area contributed by atoms with Crippen molar-refractivity contribution < 1.29 is 0 Å². The van der Waals surface area contributed by atoms with Gasteiger partial charge in [-0.25, -0.2) is 0 Å². The van der Waals surface area contributed by atoms with Crippen LogP contribution in [0, 0.1) is 17.8 Å². The zero-order valence-electron chi connectivity index (χ0n) is 12.2. The minimum atomic E-state index is 0.303. The Hall–Kier alpha value is -0.280. The highest BCUT2D eigenvalue weighted by molar-refractivity contribution is 6.42. The quantitative estimate of drug-likeness (QED) is 0.637. The summed E-state index contributed by atoms with van der Waals surface area (Å²) in [4.78, 5) is 0. The van der Waals surface area contributed by atoms with Crippen LogP contribution in [0.3, 0.4) is 0 Å². The first-order chi connectivity index (χ1) is 9.49. The van der Waals surface area contributed by atoms with E-state index in [2.05, 4.69) is 19.3 Å². The van der Waals surface area contributed by atoms with Crippen LogP contribution in [0.25, 0.3) is 0 Å². The second-order valence-electron chi connectivity index (χ2n) is 6.40. The fraction of sp³-hybridized carbons (Fsp3) is 0.625. The van der Waals surface area contributed by atoms with Crippen molar-refractivity contribution in [2.45, 2.75) is 45.6 Å². The number of hydrazine groups is 1. The Morgan fingerprint density at radius 1 is 1.15 bits per heavy atom. The van der Waals surface area contributed by atoms with Crippen LogP contribution in [-0.2, 0) is 6.42 Å². The lowest BCUT2D eigenvalue weighted by molar-refractivity contribution is 0.175. The highest BCUT2D eigenvalue weighted by Gasteiger charge is 2.29. The van der Waals surface area contributed by atoms with Crippen molar-refractivity contribution in [1.82, 2.24) is 5.43 Å². The lowest BCUT2D eigenvalue weighted by Gasteiger charge is -2.36. The summed E-state index contributed by atoms with van der Waals surface area (Å²) < 4.78 is 0. The van der Waals surface area contributed by atoms with Crippen molar-refractivity contribution in [2.24, 2.45) is 23.6 Å². The van der Waals surface area contributed by atoms with E-state index < -0.39 is 0 Å². The number of hydrogen-bond acceptors (Lipinski definition) is 2. The van der Waals surface area contributed by atoms with Gasteiger partial charge in [0.1, 0.15) is 0 Å². The molecule has 0 aromatic heterocycles. The number of benzene rings is 1. The third kappa shape index (κ3) is 4.11. The molecule has 1 aromatic rings. The number of rotatable bonds is 4. The van der Waals surface area contributed by atoms with Gasteiger partial charge in [0.2, 0.25) is 0 Å². The Bertz CT molecular complexity index is 440. The molecule has 0 radical (unpaired) electrons. The molecule has 2 rings (SSSR count). The molecule has 3 unspecified atom stereocenters. The summed E-state index contributed by atoms with van der Waals surface area (Å²) in [6.07, 6.45) is 4.74. The van der Waals surface area contributed by atoms with Crippen LogP contribution in [-0.4, -0.2) is 6.04 Å². The van der Waals surface area contributed by atoms with E-state index in [4.69, 9.17) is 29.0 Å². The van der Waals surface area contributed by atoms with Gasteiger partial charge >= 0.3 is 0 Å². The third-order valence-electron chi connectivity index (χ3n) is 4.44. The van der Waals surface area contributed by atoms with Crippen molar-refractivity contribution in [1.29, 1.82) is 0 Å². The molecule has 3 N–H and O–H groups in total. The summed E-state index contributed by atoms with van der Waals surface area (Å²) in [5.74, 6) is 8.00. The van der Waals surface area contributed by atoms with Crippen molar-refractivity contribution in [3.05, 3.63) is 33.8 Å². The first kappa shape index (κ1) is 16.1. The molecule has 3 atom stereocenters. The molecule has 20 heavy (non-hydrogen) atoms. The minimum Gasteiger partial charge on any atom is -0.271 e. The Morgan fingerprint density at radius 3 is 2.35 bits per heavy atom. The maximum Gasteiger partial charge on any atom is 0.0595 e. The number of hydrogen-bond donors (Lipinski definition) is 2. The van der Waals surface area contributed by atoms with Crippen LogP contribution in [0.2, 0.25) is 10.0 Å². The molecule has 112 valence electrons. The van der Waals surface area contributed by atoms with Crippen LogP contribution < -0.4 is 11.3 Å². The van der Waals surface area contributed by atoms with Gasteiger partial charge in [-0.05, 0) is 61.1 Å². The van der Waals surface area contributed by atoms with E-state index in [-0.39, 0.29) is 0 Å². The van der Waals surface area contributed by atoms with Crippen LogP contribution in [0.15, 0.2) is 18.2 Å². The second kappa shape index (κ2) is 7.13. The molecule has 4 heteroatoms. The maximum absolute atomic E-state index is 6.09. The predicted molar refractivity (Wildman–Crippen MR) is 86.9 cm³/mol. The smallest absolute Gasteiger partial charge is 0.0595 e. The summed E-state index contributed by atoms with van der Waals surface area (Å²) in [6, 6.07) is 6.15. The number of nitrogens with one attached hydrogen (secondary N) is 1. The topological polar surface area (TPSA) is 38.0 Å². The molecule has 0 bridgehead atoms. The van der Waals surface area contributed by atoms with Gasteiger partial charge in [0.15, 0.2) is 0 Å². The monoisotopic (exact) mass is 314 g/mol. The zero-order valence-corrected chi connectivity index (χ0v) is 13.7.